The van der Waals surface area contributed by atoms with Crippen LogP contribution < -0.4 is 5.32 Å². The highest BCUT2D eigenvalue weighted by Gasteiger charge is 2.42. The zero-order valence-corrected chi connectivity index (χ0v) is 15.0. The molecule has 0 radical (unpaired) electrons. The van der Waals surface area contributed by atoms with Crippen LogP contribution >= 0.6 is 11.3 Å². The summed E-state index contributed by atoms with van der Waals surface area (Å²) in [4.78, 5) is 14.9. The first-order valence-corrected chi connectivity index (χ1v) is 9.95. The van der Waals surface area contributed by atoms with Crippen molar-refractivity contribution < 1.29 is 9.90 Å². The average molecular weight is 356 g/mol. The van der Waals surface area contributed by atoms with Crippen molar-refractivity contribution in [3.63, 3.8) is 0 Å². The number of aliphatic hydroxyl groups excluding tert-OH is 1. The maximum absolute atomic E-state index is 12.9. The first-order valence-electron chi connectivity index (χ1n) is 9.01. The zero-order chi connectivity index (χ0) is 17.2. The number of carbonyl (C=O) groups is 1. The molecule has 1 saturated carbocycles. The zero-order valence-electron chi connectivity index (χ0n) is 14.2. The molecule has 5 heteroatoms. The van der Waals surface area contributed by atoms with Gasteiger partial charge in [-0.25, -0.2) is 0 Å². The van der Waals surface area contributed by atoms with E-state index in [0.717, 1.165) is 37.2 Å². The molecule has 2 saturated heterocycles. The molecule has 2 bridgehead atoms. The Morgan fingerprint density at radius 3 is 2.76 bits per heavy atom. The SMILES string of the molecule is O=C(c1ccc(NCc2ccsc2)cc1)N1CC2CCC1C(CO)C2. The monoisotopic (exact) mass is 356 g/mol. The molecule has 3 fully saturated rings. The fraction of sp³-hybridized carbons (Fsp3) is 0.450. The van der Waals surface area contributed by atoms with E-state index < -0.39 is 0 Å². The minimum atomic E-state index is 0.109. The Hall–Kier alpha value is -1.85. The lowest BCUT2D eigenvalue weighted by Crippen LogP contribution is -2.56. The maximum atomic E-state index is 12.9. The number of piperidine rings is 2. The summed E-state index contributed by atoms with van der Waals surface area (Å²) < 4.78 is 0. The van der Waals surface area contributed by atoms with Crippen molar-refractivity contribution in [1.29, 1.82) is 0 Å². The predicted octanol–water partition coefficient (Wildman–Crippen LogP) is 3.59. The molecule has 132 valence electrons. The quantitative estimate of drug-likeness (QED) is 0.861. The molecule has 5 rings (SSSR count). The molecule has 2 aliphatic heterocycles. The number of aliphatic hydroxyl groups is 1. The van der Waals surface area contributed by atoms with E-state index in [4.69, 9.17) is 0 Å². The van der Waals surface area contributed by atoms with Crippen LogP contribution in [-0.4, -0.2) is 35.1 Å². The Bertz CT molecular complexity index is 714. The Kier molecular flexibility index (Phi) is 4.77. The molecule has 1 aromatic heterocycles. The topological polar surface area (TPSA) is 52.6 Å². The lowest BCUT2D eigenvalue weighted by Gasteiger charge is -2.49. The summed E-state index contributed by atoms with van der Waals surface area (Å²) in [5.74, 6) is 0.915. The molecule has 1 aliphatic carbocycles. The summed E-state index contributed by atoms with van der Waals surface area (Å²) in [5.41, 5.74) is 3.03. The van der Waals surface area contributed by atoms with Crippen LogP contribution in [0.1, 0.15) is 35.2 Å². The number of anilines is 1. The maximum Gasteiger partial charge on any atom is 0.254 e. The summed E-state index contributed by atoms with van der Waals surface area (Å²) in [6, 6.07) is 10.1. The molecule has 1 aromatic carbocycles. The van der Waals surface area contributed by atoms with Gasteiger partial charge in [0.05, 0.1) is 0 Å². The van der Waals surface area contributed by atoms with Crippen LogP contribution in [0.3, 0.4) is 0 Å². The minimum absolute atomic E-state index is 0.109. The Morgan fingerprint density at radius 2 is 2.08 bits per heavy atom. The van der Waals surface area contributed by atoms with E-state index in [2.05, 4.69) is 22.1 Å². The number of hydrogen-bond acceptors (Lipinski definition) is 4. The highest BCUT2D eigenvalue weighted by molar-refractivity contribution is 7.07. The van der Waals surface area contributed by atoms with E-state index >= 15 is 0 Å². The number of rotatable bonds is 5. The number of benzene rings is 1. The van der Waals surface area contributed by atoms with Crippen molar-refractivity contribution in [2.24, 2.45) is 11.8 Å². The van der Waals surface area contributed by atoms with Gasteiger partial charge >= 0.3 is 0 Å². The van der Waals surface area contributed by atoms with Crippen LogP contribution in [0.4, 0.5) is 5.69 Å². The van der Waals surface area contributed by atoms with Crippen molar-refractivity contribution in [1.82, 2.24) is 4.90 Å². The second-order valence-corrected chi connectivity index (χ2v) is 7.99. The first-order chi connectivity index (χ1) is 12.2. The summed E-state index contributed by atoms with van der Waals surface area (Å²) >= 11 is 1.70. The largest absolute Gasteiger partial charge is 0.396 e. The molecule has 2 N–H and O–H groups in total. The van der Waals surface area contributed by atoms with Gasteiger partial charge in [-0.3, -0.25) is 4.79 Å². The van der Waals surface area contributed by atoms with E-state index in [1.807, 2.05) is 29.2 Å². The molecule has 4 nitrogen and oxygen atoms in total. The molecule has 25 heavy (non-hydrogen) atoms. The third-order valence-corrected chi connectivity index (χ3v) is 6.34. The van der Waals surface area contributed by atoms with Crippen LogP contribution in [0.15, 0.2) is 41.1 Å². The lowest BCUT2D eigenvalue weighted by atomic mass is 9.73. The molecular formula is C20H24N2O2S. The average Bonchev–Trinajstić information content (AvgIpc) is 3.20. The van der Waals surface area contributed by atoms with E-state index in [0.29, 0.717) is 5.92 Å². The van der Waals surface area contributed by atoms with Crippen molar-refractivity contribution in [2.45, 2.75) is 31.8 Å². The predicted molar refractivity (Wildman–Crippen MR) is 101 cm³/mol. The molecule has 3 unspecified atom stereocenters. The molecular weight excluding hydrogens is 332 g/mol. The van der Waals surface area contributed by atoms with Gasteiger partial charge in [-0.2, -0.15) is 11.3 Å². The fourth-order valence-corrected chi connectivity index (χ4v) is 4.93. The van der Waals surface area contributed by atoms with E-state index in [1.165, 1.54) is 12.0 Å². The number of thiophene rings is 1. The third kappa shape index (κ3) is 3.44. The van der Waals surface area contributed by atoms with Crippen LogP contribution in [-0.2, 0) is 6.54 Å². The van der Waals surface area contributed by atoms with Gasteiger partial charge in [0.15, 0.2) is 0 Å². The number of fused-ring (bicyclic) bond motifs is 3. The Morgan fingerprint density at radius 1 is 1.24 bits per heavy atom. The van der Waals surface area contributed by atoms with Gasteiger partial charge in [0, 0.05) is 42.9 Å². The summed E-state index contributed by atoms with van der Waals surface area (Å²) in [5, 5.41) is 17.2. The highest BCUT2D eigenvalue weighted by atomic mass is 32.1. The standard InChI is InChI=1S/C20H24N2O2S/c23-12-17-9-14-1-6-19(17)22(11-14)20(24)16-2-4-18(5-3-16)21-10-15-7-8-25-13-15/h2-5,7-8,13-14,17,19,21,23H,1,6,9-12H2. The van der Waals surface area contributed by atoms with Crippen molar-refractivity contribution in [2.75, 3.05) is 18.5 Å². The van der Waals surface area contributed by atoms with Crippen molar-refractivity contribution in [3.8, 4) is 0 Å². The summed E-state index contributed by atoms with van der Waals surface area (Å²) in [6.45, 7) is 1.83. The third-order valence-electron chi connectivity index (χ3n) is 5.61. The first kappa shape index (κ1) is 16.6. The second-order valence-electron chi connectivity index (χ2n) is 7.21. The Balaban J connectivity index is 1.42. The van der Waals surface area contributed by atoms with Gasteiger partial charge in [-0.1, -0.05) is 0 Å². The van der Waals surface area contributed by atoms with Crippen LogP contribution in [0, 0.1) is 11.8 Å². The van der Waals surface area contributed by atoms with Crippen LogP contribution in [0.25, 0.3) is 0 Å². The van der Waals surface area contributed by atoms with Gasteiger partial charge in [0.2, 0.25) is 0 Å². The normalized spacial score (nSPS) is 25.2. The highest BCUT2D eigenvalue weighted by Crippen LogP contribution is 2.39. The van der Waals surface area contributed by atoms with E-state index in [1.54, 1.807) is 11.3 Å². The number of amides is 1. The summed E-state index contributed by atoms with van der Waals surface area (Å²) in [7, 11) is 0. The number of hydrogen-bond donors (Lipinski definition) is 2. The molecule has 3 heterocycles. The molecule has 3 aliphatic rings. The van der Waals surface area contributed by atoms with Gasteiger partial charge in [0.25, 0.3) is 5.91 Å². The number of nitrogens with one attached hydrogen (secondary N) is 1. The van der Waals surface area contributed by atoms with E-state index in [-0.39, 0.29) is 24.5 Å². The number of nitrogens with zero attached hydrogens (tertiary/aromatic N) is 1. The van der Waals surface area contributed by atoms with E-state index in [9.17, 15) is 9.90 Å². The fourth-order valence-electron chi connectivity index (χ4n) is 4.26. The van der Waals surface area contributed by atoms with Gasteiger partial charge in [-0.15, -0.1) is 0 Å². The van der Waals surface area contributed by atoms with Gasteiger partial charge < -0.3 is 15.3 Å². The van der Waals surface area contributed by atoms with Crippen molar-refractivity contribution in [3.05, 3.63) is 52.2 Å². The van der Waals surface area contributed by atoms with Crippen LogP contribution in [0.2, 0.25) is 0 Å². The van der Waals surface area contributed by atoms with Gasteiger partial charge in [-0.05, 0) is 71.8 Å². The van der Waals surface area contributed by atoms with Crippen LogP contribution in [0.5, 0.6) is 0 Å². The summed E-state index contributed by atoms with van der Waals surface area (Å²) in [6.07, 6.45) is 3.29. The lowest BCUT2D eigenvalue weighted by molar-refractivity contribution is -0.0107. The minimum Gasteiger partial charge on any atom is -0.396 e. The second kappa shape index (κ2) is 7.18. The number of carbonyl (C=O) groups excluding carboxylic acids is 1. The van der Waals surface area contributed by atoms with Crippen molar-refractivity contribution >= 4 is 22.9 Å². The smallest absolute Gasteiger partial charge is 0.254 e. The molecule has 1 amide bonds. The van der Waals surface area contributed by atoms with Gasteiger partial charge in [0.1, 0.15) is 0 Å². The Labute approximate surface area is 152 Å². The molecule has 2 aromatic rings. The molecule has 3 atom stereocenters. The molecule has 0 spiro atoms.